The maximum Gasteiger partial charge on any atom is 0.320 e. The molecule has 0 N–H and O–H groups in total. The maximum absolute atomic E-state index is 11.5. The van der Waals surface area contributed by atoms with E-state index < -0.39 is 0 Å². The minimum Gasteiger partial charge on any atom is -0.465 e. The molecule has 0 aromatic heterocycles. The predicted molar refractivity (Wildman–Crippen MR) is 66.8 cm³/mol. The van der Waals surface area contributed by atoms with Gasteiger partial charge in [-0.3, -0.25) is 9.69 Å². The molecule has 3 heteroatoms. The molecule has 0 unspecified atom stereocenters. The van der Waals surface area contributed by atoms with Gasteiger partial charge in [0.1, 0.15) is 0 Å². The third kappa shape index (κ3) is 2.67. The zero-order valence-electron chi connectivity index (χ0n) is 10.5. The van der Waals surface area contributed by atoms with Crippen molar-refractivity contribution < 1.29 is 9.53 Å². The predicted octanol–water partition coefficient (Wildman–Crippen LogP) is 2.17. The van der Waals surface area contributed by atoms with Crippen LogP contribution < -0.4 is 0 Å². The van der Waals surface area contributed by atoms with Crippen molar-refractivity contribution in [1.82, 2.24) is 4.90 Å². The number of carbonyl (C=O) groups excluding carboxylic acids is 1. The number of nitrogens with zero attached hydrogens (tertiary/aromatic N) is 1. The standard InChI is InChI=1S/C14H19NO2/c1-3-17-14(16)10-15(2)13-9-8-11-6-4-5-7-12(11)13/h4-7,13H,3,8-10H2,1-2H3/t13-/m1/s1. The van der Waals surface area contributed by atoms with Crippen LogP contribution >= 0.6 is 0 Å². The third-order valence-electron chi connectivity index (χ3n) is 3.32. The molecule has 1 atom stereocenters. The van der Waals surface area contributed by atoms with Crippen LogP contribution in [0, 0.1) is 0 Å². The summed E-state index contributed by atoms with van der Waals surface area (Å²) in [7, 11) is 1.99. The number of aryl methyl sites for hydroxylation is 1. The first-order valence-electron chi connectivity index (χ1n) is 6.16. The summed E-state index contributed by atoms with van der Waals surface area (Å²) >= 11 is 0. The molecular formula is C14H19NO2. The van der Waals surface area contributed by atoms with Gasteiger partial charge in [-0.15, -0.1) is 0 Å². The van der Waals surface area contributed by atoms with Gasteiger partial charge >= 0.3 is 5.97 Å². The molecule has 92 valence electrons. The van der Waals surface area contributed by atoms with E-state index in [1.54, 1.807) is 0 Å². The van der Waals surface area contributed by atoms with Crippen LogP contribution in [-0.2, 0) is 16.0 Å². The number of fused-ring (bicyclic) bond motifs is 1. The van der Waals surface area contributed by atoms with E-state index in [0.717, 1.165) is 12.8 Å². The fourth-order valence-corrected chi connectivity index (χ4v) is 2.51. The number of benzene rings is 1. The van der Waals surface area contributed by atoms with Gasteiger partial charge in [-0.25, -0.2) is 0 Å². The molecule has 1 aliphatic carbocycles. The first-order valence-corrected chi connectivity index (χ1v) is 6.16. The lowest BCUT2D eigenvalue weighted by atomic mass is 10.1. The van der Waals surface area contributed by atoms with E-state index in [1.165, 1.54) is 11.1 Å². The minimum atomic E-state index is -0.139. The minimum absolute atomic E-state index is 0.139. The Hall–Kier alpha value is -1.35. The molecule has 0 saturated carbocycles. The Morgan fingerprint density at radius 1 is 1.47 bits per heavy atom. The monoisotopic (exact) mass is 233 g/mol. The molecule has 1 aromatic rings. The lowest BCUT2D eigenvalue weighted by Gasteiger charge is -2.24. The first kappa shape index (κ1) is 12.1. The lowest BCUT2D eigenvalue weighted by Crippen LogP contribution is -2.30. The lowest BCUT2D eigenvalue weighted by molar-refractivity contribution is -0.144. The van der Waals surface area contributed by atoms with Crippen LogP contribution in [0.2, 0.25) is 0 Å². The van der Waals surface area contributed by atoms with Gasteiger partial charge in [0.2, 0.25) is 0 Å². The van der Waals surface area contributed by atoms with Crippen molar-refractivity contribution in [2.24, 2.45) is 0 Å². The van der Waals surface area contributed by atoms with Crippen LogP contribution in [0.5, 0.6) is 0 Å². The topological polar surface area (TPSA) is 29.5 Å². The molecular weight excluding hydrogens is 214 g/mol. The van der Waals surface area contributed by atoms with Gasteiger partial charge in [0, 0.05) is 6.04 Å². The Bertz CT molecular complexity index is 403. The van der Waals surface area contributed by atoms with Crippen molar-refractivity contribution in [3.63, 3.8) is 0 Å². The molecule has 0 radical (unpaired) electrons. The molecule has 0 aliphatic heterocycles. The van der Waals surface area contributed by atoms with Crippen LogP contribution in [0.1, 0.15) is 30.5 Å². The summed E-state index contributed by atoms with van der Waals surface area (Å²) in [6, 6.07) is 8.83. The molecule has 2 rings (SSSR count). The summed E-state index contributed by atoms with van der Waals surface area (Å²) in [4.78, 5) is 13.5. The van der Waals surface area contributed by atoms with Crippen LogP contribution in [0.15, 0.2) is 24.3 Å². The molecule has 1 aliphatic rings. The van der Waals surface area contributed by atoms with E-state index in [4.69, 9.17) is 4.74 Å². The molecule has 0 bridgehead atoms. The van der Waals surface area contributed by atoms with Gasteiger partial charge in [-0.1, -0.05) is 24.3 Å². The smallest absolute Gasteiger partial charge is 0.320 e. The summed E-state index contributed by atoms with van der Waals surface area (Å²) in [6.45, 7) is 2.66. The van der Waals surface area contributed by atoms with Gasteiger partial charge in [0.25, 0.3) is 0 Å². The Kier molecular flexibility index (Phi) is 3.79. The molecule has 0 amide bonds. The van der Waals surface area contributed by atoms with Crippen molar-refractivity contribution in [3.8, 4) is 0 Å². The van der Waals surface area contributed by atoms with E-state index in [2.05, 4.69) is 29.2 Å². The van der Waals surface area contributed by atoms with Crippen LogP contribution in [-0.4, -0.2) is 31.1 Å². The highest BCUT2D eigenvalue weighted by Gasteiger charge is 2.26. The van der Waals surface area contributed by atoms with E-state index >= 15 is 0 Å². The summed E-state index contributed by atoms with van der Waals surface area (Å²) in [5.41, 5.74) is 2.77. The van der Waals surface area contributed by atoms with Gasteiger partial charge in [0.05, 0.1) is 13.2 Å². The molecule has 0 heterocycles. The molecule has 3 nitrogen and oxygen atoms in total. The number of rotatable bonds is 4. The zero-order chi connectivity index (χ0) is 12.3. The summed E-state index contributed by atoms with van der Waals surface area (Å²) in [5, 5.41) is 0. The largest absolute Gasteiger partial charge is 0.465 e. The Labute approximate surface area is 102 Å². The zero-order valence-corrected chi connectivity index (χ0v) is 10.5. The van der Waals surface area contributed by atoms with E-state index in [1.807, 2.05) is 14.0 Å². The number of ether oxygens (including phenoxy) is 1. The highest BCUT2D eigenvalue weighted by molar-refractivity contribution is 5.71. The SMILES string of the molecule is CCOC(=O)CN(C)[C@@H]1CCc2ccccc21. The first-order chi connectivity index (χ1) is 8.22. The fraction of sp³-hybridized carbons (Fsp3) is 0.500. The summed E-state index contributed by atoms with van der Waals surface area (Å²) in [6.07, 6.45) is 2.20. The number of hydrogen-bond donors (Lipinski definition) is 0. The summed E-state index contributed by atoms with van der Waals surface area (Å²) in [5.74, 6) is -0.139. The van der Waals surface area contributed by atoms with Gasteiger partial charge in [-0.2, -0.15) is 0 Å². The second kappa shape index (κ2) is 5.32. The van der Waals surface area contributed by atoms with Gasteiger partial charge in [-0.05, 0) is 37.9 Å². The van der Waals surface area contributed by atoms with Crippen LogP contribution in [0.25, 0.3) is 0 Å². The highest BCUT2D eigenvalue weighted by atomic mass is 16.5. The van der Waals surface area contributed by atoms with Crippen molar-refractivity contribution in [3.05, 3.63) is 35.4 Å². The second-order valence-electron chi connectivity index (χ2n) is 4.47. The molecule has 0 fully saturated rings. The second-order valence-corrected chi connectivity index (χ2v) is 4.47. The van der Waals surface area contributed by atoms with Crippen molar-refractivity contribution in [1.29, 1.82) is 0 Å². The number of esters is 1. The quantitative estimate of drug-likeness (QED) is 0.746. The van der Waals surface area contributed by atoms with Crippen LogP contribution in [0.4, 0.5) is 0 Å². The van der Waals surface area contributed by atoms with E-state index in [9.17, 15) is 4.79 Å². The number of likely N-dealkylation sites (N-methyl/N-ethyl adjacent to an activating group) is 1. The van der Waals surface area contributed by atoms with Crippen molar-refractivity contribution in [2.45, 2.75) is 25.8 Å². The maximum atomic E-state index is 11.5. The Morgan fingerprint density at radius 3 is 3.00 bits per heavy atom. The summed E-state index contributed by atoms with van der Waals surface area (Å²) < 4.78 is 4.98. The molecule has 17 heavy (non-hydrogen) atoms. The molecule has 0 spiro atoms. The van der Waals surface area contributed by atoms with Crippen molar-refractivity contribution >= 4 is 5.97 Å². The average molecular weight is 233 g/mol. The number of carbonyl (C=O) groups is 1. The number of hydrogen-bond acceptors (Lipinski definition) is 3. The molecule has 0 saturated heterocycles. The fourth-order valence-electron chi connectivity index (χ4n) is 2.51. The molecule has 1 aromatic carbocycles. The van der Waals surface area contributed by atoms with Gasteiger partial charge in [0.15, 0.2) is 0 Å². The van der Waals surface area contributed by atoms with E-state index in [-0.39, 0.29) is 5.97 Å². The van der Waals surface area contributed by atoms with Crippen LogP contribution in [0.3, 0.4) is 0 Å². The van der Waals surface area contributed by atoms with E-state index in [0.29, 0.717) is 19.2 Å². The van der Waals surface area contributed by atoms with Gasteiger partial charge < -0.3 is 4.74 Å². The Balaban J connectivity index is 2.02. The Morgan fingerprint density at radius 2 is 2.24 bits per heavy atom. The van der Waals surface area contributed by atoms with Crippen molar-refractivity contribution in [2.75, 3.05) is 20.2 Å². The third-order valence-corrected chi connectivity index (χ3v) is 3.32. The average Bonchev–Trinajstić information content (AvgIpc) is 2.72. The highest BCUT2D eigenvalue weighted by Crippen LogP contribution is 2.34. The normalized spacial score (nSPS) is 18.2.